The molecule has 0 saturated carbocycles. The van der Waals surface area contributed by atoms with Crippen LogP contribution in [0.5, 0.6) is 0 Å². The number of ether oxygens (including phenoxy) is 1. The number of rotatable bonds is 3. The first-order valence-electron chi connectivity index (χ1n) is 9.14. The smallest absolute Gasteiger partial charge is 0.229 e. The summed E-state index contributed by atoms with van der Waals surface area (Å²) >= 11 is 0. The second kappa shape index (κ2) is 7.14. The van der Waals surface area contributed by atoms with Gasteiger partial charge in [0.2, 0.25) is 5.89 Å². The van der Waals surface area contributed by atoms with Crippen LogP contribution in [-0.4, -0.2) is 47.9 Å². The van der Waals surface area contributed by atoms with Crippen LogP contribution in [0.4, 0.5) is 5.69 Å². The van der Waals surface area contributed by atoms with E-state index in [2.05, 4.69) is 58.2 Å². The third-order valence-corrected chi connectivity index (χ3v) is 5.34. The monoisotopic (exact) mass is 342 g/mol. The van der Waals surface area contributed by atoms with Gasteiger partial charge in [-0.25, -0.2) is 0 Å². The second-order valence-corrected chi connectivity index (χ2v) is 7.20. The molecule has 0 aliphatic carbocycles. The first kappa shape index (κ1) is 16.5. The number of anilines is 1. The fourth-order valence-corrected chi connectivity index (χ4v) is 3.84. The van der Waals surface area contributed by atoms with Crippen LogP contribution in [0.3, 0.4) is 0 Å². The Morgan fingerprint density at radius 3 is 2.84 bits per heavy atom. The van der Waals surface area contributed by atoms with Gasteiger partial charge >= 0.3 is 0 Å². The van der Waals surface area contributed by atoms with Crippen molar-refractivity contribution in [2.75, 3.05) is 31.7 Å². The Bertz CT molecular complexity index is 711. The summed E-state index contributed by atoms with van der Waals surface area (Å²) in [5.41, 5.74) is 2.66. The van der Waals surface area contributed by atoms with E-state index in [0.717, 1.165) is 57.4 Å². The van der Waals surface area contributed by atoms with E-state index in [9.17, 15) is 0 Å². The standard InChI is InChI=1S/C19H26N4O2/c1-14-11-22(2)17-6-4-3-5-16(17)12-23(14)13-18-20-19(25-21-18)15-7-9-24-10-8-15/h3-6,14-15H,7-13H2,1-2H3/t14-/m0/s1. The summed E-state index contributed by atoms with van der Waals surface area (Å²) in [6.45, 7) is 6.45. The third-order valence-electron chi connectivity index (χ3n) is 5.34. The molecule has 1 fully saturated rings. The summed E-state index contributed by atoms with van der Waals surface area (Å²) in [5, 5.41) is 4.24. The molecule has 0 N–H and O–H groups in total. The minimum absolute atomic E-state index is 0.350. The van der Waals surface area contributed by atoms with E-state index in [1.165, 1.54) is 11.3 Å². The number of hydrogen-bond donors (Lipinski definition) is 0. The number of likely N-dealkylation sites (N-methyl/N-ethyl adjacent to an activating group) is 1. The van der Waals surface area contributed by atoms with Gasteiger partial charge < -0.3 is 14.2 Å². The van der Waals surface area contributed by atoms with Crippen LogP contribution in [0.25, 0.3) is 0 Å². The molecule has 2 aliphatic rings. The number of fused-ring (bicyclic) bond motifs is 1. The highest BCUT2D eigenvalue weighted by Gasteiger charge is 2.26. The lowest BCUT2D eigenvalue weighted by Crippen LogP contribution is -2.37. The van der Waals surface area contributed by atoms with Crippen molar-refractivity contribution in [1.82, 2.24) is 15.0 Å². The van der Waals surface area contributed by atoms with Gasteiger partial charge in [0, 0.05) is 51.0 Å². The van der Waals surface area contributed by atoms with Crippen molar-refractivity contribution >= 4 is 5.69 Å². The Morgan fingerprint density at radius 2 is 2.00 bits per heavy atom. The summed E-state index contributed by atoms with van der Waals surface area (Å²) in [4.78, 5) is 9.45. The van der Waals surface area contributed by atoms with Gasteiger partial charge in [0.15, 0.2) is 5.82 Å². The van der Waals surface area contributed by atoms with E-state index in [1.54, 1.807) is 0 Å². The van der Waals surface area contributed by atoms with Crippen LogP contribution in [0.1, 0.15) is 43.0 Å². The highest BCUT2D eigenvalue weighted by Crippen LogP contribution is 2.28. The van der Waals surface area contributed by atoms with E-state index < -0.39 is 0 Å². The van der Waals surface area contributed by atoms with Crippen molar-refractivity contribution in [3.8, 4) is 0 Å². The number of nitrogens with zero attached hydrogens (tertiary/aromatic N) is 4. The van der Waals surface area contributed by atoms with Crippen LogP contribution in [0.2, 0.25) is 0 Å². The maximum atomic E-state index is 5.55. The van der Waals surface area contributed by atoms with Crippen LogP contribution in [0.15, 0.2) is 28.8 Å². The SMILES string of the molecule is C[C@H]1CN(C)c2ccccc2CN1Cc1noc(C2CCOCC2)n1. The van der Waals surface area contributed by atoms with Gasteiger partial charge in [0.1, 0.15) is 0 Å². The van der Waals surface area contributed by atoms with Gasteiger partial charge in [0.05, 0.1) is 6.54 Å². The molecular formula is C19H26N4O2. The lowest BCUT2D eigenvalue weighted by molar-refractivity contribution is 0.0778. The van der Waals surface area contributed by atoms with Crippen molar-refractivity contribution in [2.24, 2.45) is 0 Å². The van der Waals surface area contributed by atoms with Gasteiger partial charge in [-0.3, -0.25) is 4.90 Å². The minimum Gasteiger partial charge on any atom is -0.381 e. The summed E-state index contributed by atoms with van der Waals surface area (Å²) in [5.74, 6) is 1.91. The van der Waals surface area contributed by atoms with Crippen molar-refractivity contribution in [2.45, 2.75) is 44.8 Å². The predicted octanol–water partition coefficient (Wildman–Crippen LogP) is 2.80. The quantitative estimate of drug-likeness (QED) is 0.855. The molecule has 134 valence electrons. The maximum Gasteiger partial charge on any atom is 0.229 e. The molecule has 3 heterocycles. The summed E-state index contributed by atoms with van der Waals surface area (Å²) in [6, 6.07) is 9.04. The third kappa shape index (κ3) is 3.55. The number of hydrogen-bond acceptors (Lipinski definition) is 6. The zero-order valence-corrected chi connectivity index (χ0v) is 15.0. The lowest BCUT2D eigenvalue weighted by atomic mass is 10.0. The van der Waals surface area contributed by atoms with Gasteiger partial charge in [-0.2, -0.15) is 4.98 Å². The van der Waals surface area contributed by atoms with Crippen molar-refractivity contribution in [3.63, 3.8) is 0 Å². The van der Waals surface area contributed by atoms with Crippen LogP contribution < -0.4 is 4.90 Å². The molecule has 0 unspecified atom stereocenters. The van der Waals surface area contributed by atoms with E-state index in [0.29, 0.717) is 12.0 Å². The van der Waals surface area contributed by atoms with E-state index in [1.807, 2.05) is 0 Å². The first-order valence-corrected chi connectivity index (χ1v) is 9.14. The minimum atomic E-state index is 0.350. The van der Waals surface area contributed by atoms with E-state index >= 15 is 0 Å². The number of benzene rings is 1. The average molecular weight is 342 g/mol. The van der Waals surface area contributed by atoms with Gasteiger partial charge in [-0.1, -0.05) is 23.4 Å². The topological polar surface area (TPSA) is 54.6 Å². The molecule has 0 spiro atoms. The molecule has 0 bridgehead atoms. The van der Waals surface area contributed by atoms with Crippen LogP contribution in [0, 0.1) is 0 Å². The normalized spacial score (nSPS) is 22.6. The Balaban J connectivity index is 1.49. The van der Waals surface area contributed by atoms with Gasteiger partial charge in [-0.05, 0) is 31.4 Å². The largest absolute Gasteiger partial charge is 0.381 e. The lowest BCUT2D eigenvalue weighted by Gasteiger charge is -2.27. The fourth-order valence-electron chi connectivity index (χ4n) is 3.84. The first-order chi connectivity index (χ1) is 12.2. The van der Waals surface area contributed by atoms with Crippen molar-refractivity contribution in [1.29, 1.82) is 0 Å². The van der Waals surface area contributed by atoms with Crippen molar-refractivity contribution in [3.05, 3.63) is 41.5 Å². The second-order valence-electron chi connectivity index (χ2n) is 7.20. The zero-order chi connectivity index (χ0) is 17.2. The maximum absolute atomic E-state index is 5.55. The number of para-hydroxylation sites is 1. The molecule has 25 heavy (non-hydrogen) atoms. The van der Waals surface area contributed by atoms with Gasteiger partial charge in [-0.15, -0.1) is 0 Å². The van der Waals surface area contributed by atoms with E-state index in [4.69, 9.17) is 9.26 Å². The number of aromatic nitrogens is 2. The van der Waals surface area contributed by atoms with Gasteiger partial charge in [0.25, 0.3) is 0 Å². The Kier molecular flexibility index (Phi) is 4.72. The summed E-state index contributed by atoms with van der Waals surface area (Å²) in [7, 11) is 2.16. The molecule has 6 heteroatoms. The highest BCUT2D eigenvalue weighted by molar-refractivity contribution is 5.53. The molecule has 0 radical (unpaired) electrons. The van der Waals surface area contributed by atoms with Crippen molar-refractivity contribution < 1.29 is 9.26 Å². The van der Waals surface area contributed by atoms with Crippen LogP contribution >= 0.6 is 0 Å². The molecule has 1 atom stereocenters. The molecule has 4 rings (SSSR count). The van der Waals surface area contributed by atoms with Crippen LogP contribution in [-0.2, 0) is 17.8 Å². The molecular weight excluding hydrogens is 316 g/mol. The molecule has 1 saturated heterocycles. The highest BCUT2D eigenvalue weighted by atomic mass is 16.5. The molecule has 6 nitrogen and oxygen atoms in total. The van der Waals surface area contributed by atoms with E-state index in [-0.39, 0.29) is 0 Å². The molecule has 2 aliphatic heterocycles. The Hall–Kier alpha value is -1.92. The summed E-state index contributed by atoms with van der Waals surface area (Å²) < 4.78 is 11.0. The average Bonchev–Trinajstić information content (AvgIpc) is 3.06. The fraction of sp³-hybridized carbons (Fsp3) is 0.579. The predicted molar refractivity (Wildman–Crippen MR) is 95.5 cm³/mol. The Morgan fingerprint density at radius 1 is 1.20 bits per heavy atom. The molecule has 1 aromatic heterocycles. The summed E-state index contributed by atoms with van der Waals surface area (Å²) in [6.07, 6.45) is 1.94. The molecule has 1 aromatic carbocycles. The molecule has 0 amide bonds. The molecule has 2 aromatic rings. The Labute approximate surface area is 148 Å². The zero-order valence-electron chi connectivity index (χ0n) is 15.0.